The van der Waals surface area contributed by atoms with Gasteiger partial charge in [0.1, 0.15) is 35.8 Å². The number of anilines is 1. The van der Waals surface area contributed by atoms with Gasteiger partial charge in [-0.1, -0.05) is 17.7 Å². The maximum atomic E-state index is 13.9. The van der Waals surface area contributed by atoms with Crippen molar-refractivity contribution in [1.82, 2.24) is 15.0 Å². The molecule has 2 aliphatic heterocycles. The first-order valence-electron chi connectivity index (χ1n) is 10.9. The molecule has 35 heavy (non-hydrogen) atoms. The molecule has 0 radical (unpaired) electrons. The molecule has 186 valence electrons. The Labute approximate surface area is 203 Å². The van der Waals surface area contributed by atoms with Crippen molar-refractivity contribution < 1.29 is 32.5 Å². The third-order valence-corrected chi connectivity index (χ3v) is 6.09. The lowest BCUT2D eigenvalue weighted by molar-refractivity contribution is -0.120. The van der Waals surface area contributed by atoms with Gasteiger partial charge in [0.25, 0.3) is 6.01 Å². The van der Waals surface area contributed by atoms with E-state index in [2.05, 4.69) is 20.3 Å². The van der Waals surface area contributed by atoms with Crippen LogP contribution in [0.25, 0.3) is 11.2 Å². The highest BCUT2D eigenvalue weighted by Crippen LogP contribution is 2.32. The lowest BCUT2D eigenvalue weighted by Crippen LogP contribution is -2.36. The summed E-state index contributed by atoms with van der Waals surface area (Å²) in [6.07, 6.45) is -1.35. The maximum Gasteiger partial charge on any atom is 0.296 e. The van der Waals surface area contributed by atoms with Crippen LogP contribution in [0.4, 0.5) is 14.6 Å². The predicted octanol–water partition coefficient (Wildman–Crippen LogP) is 2.31. The number of hydrogen-bond donors (Lipinski definition) is 3. The third kappa shape index (κ3) is 5.01. The molecule has 3 aromatic rings. The smallest absolute Gasteiger partial charge is 0.296 e. The molecule has 0 bridgehead atoms. The average Bonchev–Trinajstić information content (AvgIpc) is 3.50. The highest BCUT2D eigenvalue weighted by molar-refractivity contribution is 6.33. The number of imidazole rings is 1. The Morgan fingerprint density at radius 1 is 1.20 bits per heavy atom. The minimum absolute atomic E-state index is 0.119. The molecule has 0 aliphatic carbocycles. The van der Waals surface area contributed by atoms with Gasteiger partial charge in [-0.3, -0.25) is 4.79 Å². The summed E-state index contributed by atoms with van der Waals surface area (Å²) in [6, 6.07) is 5.43. The van der Waals surface area contributed by atoms with Gasteiger partial charge in [0.15, 0.2) is 11.8 Å². The van der Waals surface area contributed by atoms with Crippen LogP contribution in [0.3, 0.4) is 0 Å². The van der Waals surface area contributed by atoms with Crippen molar-refractivity contribution in [2.75, 3.05) is 25.1 Å². The normalized spacial score (nSPS) is 23.5. The SMILES string of the molecule is NC(=O)CCO[C@@H]1COC2C1OC[C@H]2Oc1nc2nc(NCc3c(F)cccc3F)c(Cl)cc2[nH]1. The lowest BCUT2D eigenvalue weighted by atomic mass is 10.1. The van der Waals surface area contributed by atoms with Gasteiger partial charge in [0.05, 0.1) is 30.4 Å². The number of carbonyl (C=O) groups excluding carboxylic acids is 1. The Bertz CT molecular complexity index is 1220. The predicted molar refractivity (Wildman–Crippen MR) is 120 cm³/mol. The van der Waals surface area contributed by atoms with E-state index >= 15 is 0 Å². The van der Waals surface area contributed by atoms with E-state index in [0.717, 1.165) is 0 Å². The quantitative estimate of drug-likeness (QED) is 0.400. The standard InChI is InChI=1S/C22H22ClF2N5O5/c23-11-6-14-21(29-20(11)27-7-10-12(24)2-1-3-13(10)25)30-22(28-14)35-16-9-34-18-15(8-33-19(16)18)32-5-4-17(26)31/h1-3,6,15-16,18-19H,4-5,7-9H2,(H2,26,31)(H2,27,28,29,30)/t15-,16-,18?,19?/m1/s1. The number of ether oxygens (including phenoxy) is 4. The second-order valence-electron chi connectivity index (χ2n) is 8.16. The van der Waals surface area contributed by atoms with Crippen molar-refractivity contribution in [2.24, 2.45) is 5.73 Å². The molecule has 4 N–H and O–H groups in total. The molecule has 13 heteroatoms. The first-order chi connectivity index (χ1) is 16.9. The molecule has 2 aromatic heterocycles. The average molecular weight is 510 g/mol. The van der Waals surface area contributed by atoms with Gasteiger partial charge in [-0.05, 0) is 18.2 Å². The van der Waals surface area contributed by atoms with E-state index in [1.165, 1.54) is 18.2 Å². The Morgan fingerprint density at radius 2 is 1.91 bits per heavy atom. The molecule has 5 rings (SSSR count). The summed E-state index contributed by atoms with van der Waals surface area (Å²) in [5.74, 6) is -1.56. The number of aromatic nitrogens is 3. The van der Waals surface area contributed by atoms with E-state index in [9.17, 15) is 13.6 Å². The minimum atomic E-state index is -0.670. The maximum absolute atomic E-state index is 13.9. The number of amides is 1. The number of halogens is 3. The van der Waals surface area contributed by atoms with Crippen LogP contribution in [-0.2, 0) is 25.5 Å². The Balaban J connectivity index is 1.24. The fraction of sp³-hybridized carbons (Fsp3) is 0.409. The molecule has 4 heterocycles. The molecule has 2 aliphatic rings. The summed E-state index contributed by atoms with van der Waals surface area (Å²) in [5.41, 5.74) is 5.83. The Morgan fingerprint density at radius 3 is 2.66 bits per heavy atom. The van der Waals surface area contributed by atoms with Gasteiger partial charge in [-0.15, -0.1) is 0 Å². The highest BCUT2D eigenvalue weighted by Gasteiger charge is 2.49. The summed E-state index contributed by atoms with van der Waals surface area (Å²) in [7, 11) is 0. The number of aromatic amines is 1. The molecule has 2 fully saturated rings. The number of pyridine rings is 1. The largest absolute Gasteiger partial charge is 0.456 e. The van der Waals surface area contributed by atoms with Crippen LogP contribution >= 0.6 is 11.6 Å². The minimum Gasteiger partial charge on any atom is -0.456 e. The van der Waals surface area contributed by atoms with E-state index in [-0.39, 0.29) is 66.9 Å². The summed E-state index contributed by atoms with van der Waals surface area (Å²) >= 11 is 6.29. The van der Waals surface area contributed by atoms with Gasteiger partial charge in [-0.2, -0.15) is 4.98 Å². The second kappa shape index (κ2) is 9.90. The number of benzene rings is 1. The molecule has 2 unspecified atom stereocenters. The number of hydrogen-bond acceptors (Lipinski definition) is 8. The number of nitrogens with one attached hydrogen (secondary N) is 2. The van der Waals surface area contributed by atoms with Crippen LogP contribution in [-0.4, -0.2) is 65.1 Å². The number of H-pyrrole nitrogens is 1. The molecule has 1 aromatic carbocycles. The molecular weight excluding hydrogens is 488 g/mol. The molecular formula is C22H22ClF2N5O5. The van der Waals surface area contributed by atoms with E-state index in [4.69, 9.17) is 36.3 Å². The number of nitrogens with zero attached hydrogens (tertiary/aromatic N) is 2. The van der Waals surface area contributed by atoms with Gasteiger partial charge in [0, 0.05) is 18.5 Å². The van der Waals surface area contributed by atoms with E-state index in [1.807, 2.05) is 0 Å². The van der Waals surface area contributed by atoms with Crippen molar-refractivity contribution in [3.05, 3.63) is 46.5 Å². The van der Waals surface area contributed by atoms with Crippen molar-refractivity contribution in [3.8, 4) is 6.01 Å². The van der Waals surface area contributed by atoms with Gasteiger partial charge in [-0.25, -0.2) is 13.8 Å². The highest BCUT2D eigenvalue weighted by atomic mass is 35.5. The van der Waals surface area contributed by atoms with E-state index < -0.39 is 23.6 Å². The van der Waals surface area contributed by atoms with Gasteiger partial charge in [0.2, 0.25) is 5.91 Å². The summed E-state index contributed by atoms with van der Waals surface area (Å²) in [5, 5.41) is 3.08. The van der Waals surface area contributed by atoms with Crippen LogP contribution in [0.5, 0.6) is 6.01 Å². The molecule has 1 amide bonds. The van der Waals surface area contributed by atoms with Crippen LogP contribution in [0, 0.1) is 11.6 Å². The lowest BCUT2D eigenvalue weighted by Gasteiger charge is -2.16. The molecule has 10 nitrogen and oxygen atoms in total. The Kier molecular flexibility index (Phi) is 6.69. The summed E-state index contributed by atoms with van der Waals surface area (Å²) < 4.78 is 51.0. The summed E-state index contributed by atoms with van der Waals surface area (Å²) in [6.45, 7) is 0.616. The summed E-state index contributed by atoms with van der Waals surface area (Å²) in [4.78, 5) is 22.6. The van der Waals surface area contributed by atoms with Crippen LogP contribution in [0.15, 0.2) is 24.3 Å². The zero-order valence-electron chi connectivity index (χ0n) is 18.3. The van der Waals surface area contributed by atoms with Crippen molar-refractivity contribution in [2.45, 2.75) is 37.4 Å². The fourth-order valence-electron chi connectivity index (χ4n) is 4.08. The molecule has 4 atom stereocenters. The van der Waals surface area contributed by atoms with Gasteiger partial charge >= 0.3 is 0 Å². The second-order valence-corrected chi connectivity index (χ2v) is 8.57. The van der Waals surface area contributed by atoms with Gasteiger partial charge < -0.3 is 35.0 Å². The number of primary amides is 1. The van der Waals surface area contributed by atoms with Crippen molar-refractivity contribution in [3.63, 3.8) is 0 Å². The molecule has 0 spiro atoms. The first-order valence-corrected chi connectivity index (χ1v) is 11.3. The number of rotatable bonds is 9. The van der Waals surface area contributed by atoms with Crippen molar-refractivity contribution >= 4 is 34.5 Å². The van der Waals surface area contributed by atoms with E-state index in [0.29, 0.717) is 17.8 Å². The third-order valence-electron chi connectivity index (χ3n) is 5.81. The number of fused-ring (bicyclic) bond motifs is 2. The Hall–Kier alpha value is -3.06. The number of carbonyl (C=O) groups is 1. The molecule has 2 saturated heterocycles. The van der Waals surface area contributed by atoms with Crippen molar-refractivity contribution in [1.29, 1.82) is 0 Å². The van der Waals surface area contributed by atoms with Crippen LogP contribution in [0.1, 0.15) is 12.0 Å². The van der Waals surface area contributed by atoms with Crippen LogP contribution < -0.4 is 15.8 Å². The van der Waals surface area contributed by atoms with E-state index in [1.54, 1.807) is 6.07 Å². The zero-order valence-corrected chi connectivity index (χ0v) is 19.1. The zero-order chi connectivity index (χ0) is 24.5. The number of nitrogens with two attached hydrogens (primary N) is 1. The first kappa shape index (κ1) is 23.7. The topological polar surface area (TPSA) is 134 Å². The molecule has 0 saturated carbocycles. The van der Waals surface area contributed by atoms with Crippen LogP contribution in [0.2, 0.25) is 5.02 Å². The fourth-order valence-corrected chi connectivity index (χ4v) is 4.29. The monoisotopic (exact) mass is 509 g/mol.